The van der Waals surface area contributed by atoms with Crippen molar-refractivity contribution < 1.29 is 4.74 Å². The van der Waals surface area contributed by atoms with E-state index < -0.39 is 0 Å². The molecule has 1 heterocycles. The SMILES string of the molecule is C=CCN1CCC[C@](C)(c2cccc(OC)c2)[C@H]1C. The summed E-state index contributed by atoms with van der Waals surface area (Å²) in [6.07, 6.45) is 4.48. The number of likely N-dealkylation sites (tertiary alicyclic amines) is 1. The molecule has 2 nitrogen and oxygen atoms in total. The van der Waals surface area contributed by atoms with E-state index in [9.17, 15) is 0 Å². The van der Waals surface area contributed by atoms with Gasteiger partial charge in [-0.2, -0.15) is 0 Å². The summed E-state index contributed by atoms with van der Waals surface area (Å²) in [7, 11) is 1.73. The molecule has 0 aromatic heterocycles. The number of rotatable bonds is 4. The van der Waals surface area contributed by atoms with E-state index in [1.165, 1.54) is 24.9 Å². The second kappa shape index (κ2) is 5.79. The molecule has 0 unspecified atom stereocenters. The topological polar surface area (TPSA) is 12.5 Å². The van der Waals surface area contributed by atoms with Crippen molar-refractivity contribution >= 4 is 0 Å². The van der Waals surface area contributed by atoms with Crippen molar-refractivity contribution in [2.24, 2.45) is 0 Å². The van der Waals surface area contributed by atoms with Gasteiger partial charge in [0.1, 0.15) is 5.75 Å². The maximum Gasteiger partial charge on any atom is 0.119 e. The van der Waals surface area contributed by atoms with Gasteiger partial charge in [-0.15, -0.1) is 6.58 Å². The van der Waals surface area contributed by atoms with Crippen molar-refractivity contribution in [1.82, 2.24) is 4.90 Å². The van der Waals surface area contributed by atoms with E-state index in [1.54, 1.807) is 7.11 Å². The Hall–Kier alpha value is -1.28. The highest BCUT2D eigenvalue weighted by Crippen LogP contribution is 2.39. The van der Waals surface area contributed by atoms with Crippen LogP contribution in [-0.4, -0.2) is 31.1 Å². The molecule has 1 aromatic carbocycles. The molecule has 2 rings (SSSR count). The summed E-state index contributed by atoms with van der Waals surface area (Å²) < 4.78 is 5.37. The van der Waals surface area contributed by atoms with Crippen LogP contribution < -0.4 is 4.74 Å². The molecule has 0 bridgehead atoms. The number of methoxy groups -OCH3 is 1. The zero-order valence-corrected chi connectivity index (χ0v) is 12.4. The minimum atomic E-state index is 0.190. The van der Waals surface area contributed by atoms with Gasteiger partial charge in [-0.1, -0.05) is 25.1 Å². The Kier molecular flexibility index (Phi) is 4.31. The monoisotopic (exact) mass is 259 g/mol. The van der Waals surface area contributed by atoms with Crippen LogP contribution in [0.15, 0.2) is 36.9 Å². The van der Waals surface area contributed by atoms with Gasteiger partial charge in [-0.3, -0.25) is 4.90 Å². The quantitative estimate of drug-likeness (QED) is 0.766. The molecule has 1 aliphatic rings. The Morgan fingerprint density at radius 1 is 1.53 bits per heavy atom. The molecule has 1 fully saturated rings. The molecule has 0 amide bonds. The van der Waals surface area contributed by atoms with Crippen LogP contribution in [-0.2, 0) is 5.41 Å². The van der Waals surface area contributed by atoms with E-state index in [2.05, 4.69) is 43.5 Å². The molecule has 2 atom stereocenters. The fourth-order valence-corrected chi connectivity index (χ4v) is 3.23. The second-order valence-corrected chi connectivity index (χ2v) is 5.71. The molecule has 104 valence electrons. The third-order valence-corrected chi connectivity index (χ3v) is 4.70. The molecule has 0 saturated carbocycles. The van der Waals surface area contributed by atoms with Gasteiger partial charge >= 0.3 is 0 Å². The first kappa shape index (κ1) is 14.1. The van der Waals surface area contributed by atoms with Gasteiger partial charge in [-0.25, -0.2) is 0 Å². The lowest BCUT2D eigenvalue weighted by atomic mass is 9.70. The minimum Gasteiger partial charge on any atom is -0.497 e. The summed E-state index contributed by atoms with van der Waals surface area (Å²) in [5.41, 5.74) is 1.57. The van der Waals surface area contributed by atoms with E-state index in [1.807, 2.05) is 12.1 Å². The average Bonchev–Trinajstić information content (AvgIpc) is 2.44. The van der Waals surface area contributed by atoms with Crippen LogP contribution >= 0.6 is 0 Å². The molecular formula is C17H25NO. The fourth-order valence-electron chi connectivity index (χ4n) is 3.23. The molecule has 0 aliphatic carbocycles. The van der Waals surface area contributed by atoms with Crippen LogP contribution in [0.3, 0.4) is 0 Å². The molecule has 0 N–H and O–H groups in total. The van der Waals surface area contributed by atoms with Gasteiger partial charge in [0.25, 0.3) is 0 Å². The normalized spacial score (nSPS) is 28.1. The summed E-state index contributed by atoms with van der Waals surface area (Å²) in [6.45, 7) is 10.7. The van der Waals surface area contributed by atoms with E-state index >= 15 is 0 Å². The third-order valence-electron chi connectivity index (χ3n) is 4.70. The molecule has 0 radical (unpaired) electrons. The van der Waals surface area contributed by atoms with Gasteiger partial charge < -0.3 is 4.74 Å². The van der Waals surface area contributed by atoms with Crippen LogP contribution in [0, 0.1) is 0 Å². The second-order valence-electron chi connectivity index (χ2n) is 5.71. The van der Waals surface area contributed by atoms with Crippen molar-refractivity contribution in [2.75, 3.05) is 20.2 Å². The van der Waals surface area contributed by atoms with Crippen molar-refractivity contribution in [3.63, 3.8) is 0 Å². The van der Waals surface area contributed by atoms with Crippen LogP contribution in [0.1, 0.15) is 32.3 Å². The van der Waals surface area contributed by atoms with Crippen LogP contribution in [0.4, 0.5) is 0 Å². The lowest BCUT2D eigenvalue weighted by Gasteiger charge is -2.47. The average molecular weight is 259 g/mol. The van der Waals surface area contributed by atoms with Crippen LogP contribution in [0.25, 0.3) is 0 Å². The summed E-state index contributed by atoms with van der Waals surface area (Å²) >= 11 is 0. The summed E-state index contributed by atoms with van der Waals surface area (Å²) in [6, 6.07) is 9.05. The van der Waals surface area contributed by atoms with Crippen molar-refractivity contribution in [1.29, 1.82) is 0 Å². The van der Waals surface area contributed by atoms with E-state index in [0.717, 1.165) is 12.3 Å². The minimum absolute atomic E-state index is 0.190. The van der Waals surface area contributed by atoms with Gasteiger partial charge in [0.15, 0.2) is 0 Å². The Morgan fingerprint density at radius 2 is 2.32 bits per heavy atom. The van der Waals surface area contributed by atoms with Crippen LogP contribution in [0.2, 0.25) is 0 Å². The Balaban J connectivity index is 2.31. The number of benzene rings is 1. The third kappa shape index (κ3) is 2.69. The summed E-state index contributed by atoms with van der Waals surface area (Å²) in [5, 5.41) is 0. The van der Waals surface area contributed by atoms with Gasteiger partial charge in [0.05, 0.1) is 7.11 Å². The largest absolute Gasteiger partial charge is 0.497 e. The zero-order chi connectivity index (χ0) is 13.9. The summed E-state index contributed by atoms with van der Waals surface area (Å²) in [5.74, 6) is 0.951. The number of nitrogens with zero attached hydrogens (tertiary/aromatic N) is 1. The molecule has 1 aliphatic heterocycles. The van der Waals surface area contributed by atoms with E-state index in [4.69, 9.17) is 4.74 Å². The van der Waals surface area contributed by atoms with Gasteiger partial charge in [-0.05, 0) is 44.0 Å². The standard InChI is InChI=1S/C17H25NO/c1-5-11-18-12-7-10-17(3,14(18)2)15-8-6-9-16(13-15)19-4/h5-6,8-9,13-14H,1,7,10-12H2,2-4H3/t14-,17+/m1/s1. The van der Waals surface area contributed by atoms with Gasteiger partial charge in [0.2, 0.25) is 0 Å². The van der Waals surface area contributed by atoms with Crippen molar-refractivity contribution in [2.45, 2.75) is 38.1 Å². The van der Waals surface area contributed by atoms with E-state index in [0.29, 0.717) is 6.04 Å². The molecular weight excluding hydrogens is 234 g/mol. The first-order valence-corrected chi connectivity index (χ1v) is 7.11. The first-order valence-electron chi connectivity index (χ1n) is 7.11. The Morgan fingerprint density at radius 3 is 3.00 bits per heavy atom. The highest BCUT2D eigenvalue weighted by atomic mass is 16.5. The summed E-state index contributed by atoms with van der Waals surface area (Å²) in [4.78, 5) is 2.52. The fraction of sp³-hybridized carbons (Fsp3) is 0.529. The molecule has 1 aromatic rings. The maximum absolute atomic E-state index is 5.37. The number of ether oxygens (including phenoxy) is 1. The Bertz CT molecular complexity index is 443. The van der Waals surface area contributed by atoms with Crippen LogP contribution in [0.5, 0.6) is 5.75 Å². The van der Waals surface area contributed by atoms with E-state index in [-0.39, 0.29) is 5.41 Å². The number of piperidine rings is 1. The predicted octanol–water partition coefficient (Wildman–Crippen LogP) is 3.62. The van der Waals surface area contributed by atoms with Gasteiger partial charge in [0, 0.05) is 18.0 Å². The van der Waals surface area contributed by atoms with Crippen molar-refractivity contribution in [3.05, 3.63) is 42.5 Å². The first-order chi connectivity index (χ1) is 9.11. The molecule has 2 heteroatoms. The number of hydrogen-bond donors (Lipinski definition) is 0. The smallest absolute Gasteiger partial charge is 0.119 e. The highest BCUT2D eigenvalue weighted by molar-refractivity contribution is 5.35. The van der Waals surface area contributed by atoms with Crippen molar-refractivity contribution in [3.8, 4) is 5.75 Å². The Labute approximate surface area is 117 Å². The lowest BCUT2D eigenvalue weighted by molar-refractivity contribution is 0.0991. The maximum atomic E-state index is 5.37. The predicted molar refractivity (Wildman–Crippen MR) is 80.8 cm³/mol. The zero-order valence-electron chi connectivity index (χ0n) is 12.4. The molecule has 19 heavy (non-hydrogen) atoms. The number of hydrogen-bond acceptors (Lipinski definition) is 2. The molecule has 1 saturated heterocycles. The highest BCUT2D eigenvalue weighted by Gasteiger charge is 2.39. The molecule has 0 spiro atoms. The lowest BCUT2D eigenvalue weighted by Crippen LogP contribution is -2.51.